The van der Waals surface area contributed by atoms with E-state index in [-0.39, 0.29) is 11.4 Å². The fourth-order valence-electron chi connectivity index (χ4n) is 2.92. The van der Waals surface area contributed by atoms with E-state index < -0.39 is 10.5 Å². The Kier molecular flexibility index (Phi) is 5.07. The zero-order valence-corrected chi connectivity index (χ0v) is 16.9. The van der Waals surface area contributed by atoms with E-state index >= 15 is 0 Å². The molecule has 0 saturated heterocycles. The van der Waals surface area contributed by atoms with Gasteiger partial charge in [0.25, 0.3) is 5.69 Å². The van der Waals surface area contributed by atoms with Crippen LogP contribution in [-0.4, -0.2) is 19.7 Å². The molecule has 2 aromatic heterocycles. The number of nitrogens with one attached hydrogen (secondary N) is 1. The predicted octanol–water partition coefficient (Wildman–Crippen LogP) is 5.23. The van der Waals surface area contributed by atoms with Gasteiger partial charge in [0.15, 0.2) is 5.69 Å². The molecule has 1 N–H and O–H groups in total. The maximum atomic E-state index is 12.9. The zero-order chi connectivity index (χ0) is 21.3. The van der Waals surface area contributed by atoms with Crippen molar-refractivity contribution in [1.29, 1.82) is 0 Å². The van der Waals surface area contributed by atoms with Crippen molar-refractivity contribution in [2.75, 3.05) is 0 Å². The Labute approximate surface area is 174 Å². The molecule has 30 heavy (non-hydrogen) atoms. The van der Waals surface area contributed by atoms with Crippen molar-refractivity contribution in [3.8, 4) is 16.4 Å². The monoisotopic (exact) mass is 420 g/mol. The van der Waals surface area contributed by atoms with Crippen LogP contribution in [0.15, 0.2) is 68.9 Å². The molecule has 10 heteroatoms. The van der Waals surface area contributed by atoms with Crippen LogP contribution in [0.25, 0.3) is 16.4 Å². The third-order valence-electron chi connectivity index (χ3n) is 4.52. The van der Waals surface area contributed by atoms with Gasteiger partial charge in [-0.1, -0.05) is 36.4 Å². The molecule has 0 bridgehead atoms. The van der Waals surface area contributed by atoms with Crippen molar-refractivity contribution in [2.24, 2.45) is 10.2 Å². The minimum atomic E-state index is -0.477. The van der Waals surface area contributed by atoms with Gasteiger partial charge < -0.3 is 0 Å². The van der Waals surface area contributed by atoms with Crippen molar-refractivity contribution in [3.05, 3.63) is 85.6 Å². The number of benzene rings is 2. The second-order valence-electron chi connectivity index (χ2n) is 6.49. The molecule has 0 atom stereocenters. The van der Waals surface area contributed by atoms with Gasteiger partial charge in [-0.25, -0.2) is 4.98 Å². The molecule has 0 aliphatic rings. The molecule has 0 fully saturated rings. The quantitative estimate of drug-likeness (QED) is 0.270. The molecule has 0 amide bonds. The lowest BCUT2D eigenvalue weighted by Crippen LogP contribution is -2.13. The molecule has 0 unspecified atom stereocenters. The number of hydrogen-bond acceptors (Lipinski definition) is 7. The van der Waals surface area contributed by atoms with Crippen molar-refractivity contribution in [3.63, 3.8) is 0 Å². The molecular formula is C20H16N6O3S. The molecule has 0 aliphatic carbocycles. The lowest BCUT2D eigenvalue weighted by molar-refractivity contribution is -0.385. The summed E-state index contributed by atoms with van der Waals surface area (Å²) in [4.78, 5) is 28.0. The Hall–Kier alpha value is -3.92. The van der Waals surface area contributed by atoms with E-state index in [9.17, 15) is 14.9 Å². The first kappa shape index (κ1) is 19.4. The van der Waals surface area contributed by atoms with Crippen molar-refractivity contribution < 1.29 is 4.92 Å². The minimum absolute atomic E-state index is 0.0501. The highest BCUT2D eigenvalue weighted by atomic mass is 32.1. The van der Waals surface area contributed by atoms with Crippen LogP contribution in [-0.2, 0) is 0 Å². The first-order valence-electron chi connectivity index (χ1n) is 8.94. The fourth-order valence-corrected chi connectivity index (χ4v) is 3.71. The van der Waals surface area contributed by atoms with Crippen molar-refractivity contribution >= 4 is 28.4 Å². The summed E-state index contributed by atoms with van der Waals surface area (Å²) >= 11 is 1.33. The fraction of sp³-hybridized carbons (Fsp3) is 0.100. The predicted molar refractivity (Wildman–Crippen MR) is 114 cm³/mol. The number of hydrogen-bond donors (Lipinski definition) is 1. The highest BCUT2D eigenvalue weighted by Crippen LogP contribution is 2.29. The van der Waals surface area contributed by atoms with Gasteiger partial charge in [-0.05, 0) is 19.9 Å². The van der Waals surface area contributed by atoms with Crippen LogP contribution in [0.1, 0.15) is 11.3 Å². The number of rotatable bonds is 5. The van der Waals surface area contributed by atoms with Crippen molar-refractivity contribution in [2.45, 2.75) is 13.8 Å². The van der Waals surface area contributed by atoms with E-state index in [1.165, 1.54) is 28.2 Å². The van der Waals surface area contributed by atoms with Crippen LogP contribution in [0.2, 0.25) is 0 Å². The summed E-state index contributed by atoms with van der Waals surface area (Å²) in [6.07, 6.45) is 0. The molecule has 0 spiro atoms. The Morgan fingerprint density at radius 2 is 1.87 bits per heavy atom. The Balaban J connectivity index is 1.68. The van der Waals surface area contributed by atoms with Gasteiger partial charge in [0, 0.05) is 17.0 Å². The Morgan fingerprint density at radius 1 is 1.10 bits per heavy atom. The first-order chi connectivity index (χ1) is 14.5. The maximum Gasteiger partial charge on any atom is 0.301 e. The molecule has 0 saturated carbocycles. The minimum Gasteiger partial charge on any atom is -0.291 e. The van der Waals surface area contributed by atoms with E-state index in [0.717, 1.165) is 11.3 Å². The van der Waals surface area contributed by atoms with Crippen LogP contribution < -0.4 is 5.56 Å². The summed E-state index contributed by atoms with van der Waals surface area (Å²) < 4.78 is 1.32. The SMILES string of the molecule is Cc1[nH]n(-c2nc(-c3ccccc3)cs2)c(=O)c1N=Nc1cccc([N+](=O)[O-])c1C. The summed E-state index contributed by atoms with van der Waals surface area (Å²) in [5, 5.41) is 24.5. The molecule has 2 heterocycles. The summed E-state index contributed by atoms with van der Waals surface area (Å²) in [5.74, 6) is 0. The second kappa shape index (κ2) is 7.84. The summed E-state index contributed by atoms with van der Waals surface area (Å²) in [6.45, 7) is 3.30. The van der Waals surface area contributed by atoms with Crippen LogP contribution in [0.5, 0.6) is 0 Å². The average Bonchev–Trinajstić information content (AvgIpc) is 3.33. The topological polar surface area (TPSA) is 119 Å². The number of azo groups is 1. The van der Waals surface area contributed by atoms with E-state index in [1.807, 2.05) is 35.7 Å². The van der Waals surface area contributed by atoms with Gasteiger partial charge in [0.1, 0.15) is 0 Å². The second-order valence-corrected chi connectivity index (χ2v) is 7.32. The van der Waals surface area contributed by atoms with Gasteiger partial charge in [0.05, 0.1) is 27.6 Å². The zero-order valence-electron chi connectivity index (χ0n) is 16.1. The van der Waals surface area contributed by atoms with Gasteiger partial charge in [-0.15, -0.1) is 21.6 Å². The molecule has 0 aliphatic heterocycles. The summed E-state index contributed by atoms with van der Waals surface area (Å²) in [5.41, 5.74) is 2.63. The Bertz CT molecular complexity index is 1320. The number of aryl methyl sites for hydroxylation is 1. The summed E-state index contributed by atoms with van der Waals surface area (Å²) in [6, 6.07) is 14.2. The van der Waals surface area contributed by atoms with E-state index in [1.54, 1.807) is 19.9 Å². The van der Waals surface area contributed by atoms with E-state index in [4.69, 9.17) is 0 Å². The van der Waals surface area contributed by atoms with Gasteiger partial charge in [-0.2, -0.15) is 4.68 Å². The molecule has 0 radical (unpaired) electrons. The molecular weight excluding hydrogens is 404 g/mol. The molecule has 9 nitrogen and oxygen atoms in total. The number of H-pyrrole nitrogens is 1. The number of aromatic nitrogens is 3. The highest BCUT2D eigenvalue weighted by Gasteiger charge is 2.17. The lowest BCUT2D eigenvalue weighted by atomic mass is 10.1. The largest absolute Gasteiger partial charge is 0.301 e. The third-order valence-corrected chi connectivity index (χ3v) is 5.35. The number of aromatic amines is 1. The number of nitrogens with zero attached hydrogens (tertiary/aromatic N) is 5. The van der Waals surface area contributed by atoms with E-state index in [0.29, 0.717) is 22.1 Å². The van der Waals surface area contributed by atoms with Gasteiger partial charge >= 0.3 is 5.56 Å². The first-order valence-corrected chi connectivity index (χ1v) is 9.82. The molecule has 4 rings (SSSR count). The van der Waals surface area contributed by atoms with Gasteiger partial charge in [0.2, 0.25) is 5.13 Å². The smallest absolute Gasteiger partial charge is 0.291 e. The lowest BCUT2D eigenvalue weighted by Gasteiger charge is -1.99. The standard InChI is InChI=1S/C20H16N6O3S/c1-12-15(9-6-10-17(12)26(28)29)22-23-18-13(2)24-25(19(18)27)20-21-16(11-30-20)14-7-4-3-5-8-14/h3-11,24H,1-2H3. The van der Waals surface area contributed by atoms with Crippen LogP contribution in [0.4, 0.5) is 17.1 Å². The maximum absolute atomic E-state index is 12.9. The number of nitro benzene ring substituents is 1. The summed E-state index contributed by atoms with van der Waals surface area (Å²) in [7, 11) is 0. The number of thiazole rings is 1. The van der Waals surface area contributed by atoms with E-state index in [2.05, 4.69) is 20.3 Å². The van der Waals surface area contributed by atoms with Crippen LogP contribution >= 0.6 is 11.3 Å². The van der Waals surface area contributed by atoms with Crippen LogP contribution in [0.3, 0.4) is 0 Å². The molecule has 150 valence electrons. The highest BCUT2D eigenvalue weighted by molar-refractivity contribution is 7.12. The Morgan fingerprint density at radius 3 is 2.60 bits per heavy atom. The third kappa shape index (κ3) is 3.55. The molecule has 4 aromatic rings. The van der Waals surface area contributed by atoms with Crippen LogP contribution in [0, 0.1) is 24.0 Å². The van der Waals surface area contributed by atoms with Crippen molar-refractivity contribution in [1.82, 2.24) is 14.8 Å². The number of nitro groups is 1. The normalized spacial score (nSPS) is 11.3. The van der Waals surface area contributed by atoms with Gasteiger partial charge in [-0.3, -0.25) is 20.0 Å². The average molecular weight is 420 g/mol. The molecule has 2 aromatic carbocycles.